The van der Waals surface area contributed by atoms with Crippen molar-refractivity contribution in [1.29, 1.82) is 0 Å². The molecule has 0 aliphatic rings. The van der Waals surface area contributed by atoms with E-state index in [0.717, 1.165) is 43.3 Å². The lowest BCUT2D eigenvalue weighted by molar-refractivity contribution is 0.687. The van der Waals surface area contributed by atoms with Crippen LogP contribution in [0.15, 0.2) is 23.0 Å². The highest BCUT2D eigenvalue weighted by Gasteiger charge is 1.99. The Bertz CT molecular complexity index is 512. The molecule has 0 spiro atoms. The van der Waals surface area contributed by atoms with E-state index >= 15 is 0 Å². The van der Waals surface area contributed by atoms with Gasteiger partial charge in [-0.05, 0) is 43.5 Å². The molecule has 1 aromatic heterocycles. The molecule has 86 valence electrons. The number of hydrogen-bond acceptors (Lipinski definition) is 2. The highest BCUT2D eigenvalue weighted by atomic mass is 16.1. The van der Waals surface area contributed by atoms with Crippen molar-refractivity contribution in [3.05, 3.63) is 34.2 Å². The molecule has 0 fully saturated rings. The van der Waals surface area contributed by atoms with Crippen LogP contribution in [0.4, 0.5) is 0 Å². The number of benzene rings is 1. The number of aromatic nitrogens is 2. The summed E-state index contributed by atoms with van der Waals surface area (Å²) < 4.78 is 0. The van der Waals surface area contributed by atoms with Crippen LogP contribution in [0.1, 0.15) is 24.8 Å². The van der Waals surface area contributed by atoms with Crippen LogP contribution in [0, 0.1) is 0 Å². The van der Waals surface area contributed by atoms with Gasteiger partial charge in [-0.1, -0.05) is 12.5 Å². The van der Waals surface area contributed by atoms with Crippen LogP contribution in [0.5, 0.6) is 0 Å². The predicted molar refractivity (Wildman–Crippen MR) is 65.5 cm³/mol. The van der Waals surface area contributed by atoms with Crippen molar-refractivity contribution in [2.24, 2.45) is 5.73 Å². The van der Waals surface area contributed by atoms with Gasteiger partial charge in [0.15, 0.2) is 0 Å². The van der Waals surface area contributed by atoms with Crippen LogP contribution in [-0.4, -0.2) is 16.5 Å². The number of nitrogens with one attached hydrogen (secondary N) is 2. The van der Waals surface area contributed by atoms with Crippen LogP contribution in [-0.2, 0) is 6.42 Å². The highest BCUT2D eigenvalue weighted by molar-refractivity contribution is 5.74. The molecule has 0 radical (unpaired) electrons. The molecule has 2 aromatic rings. The highest BCUT2D eigenvalue weighted by Crippen LogP contribution is 2.12. The van der Waals surface area contributed by atoms with Crippen LogP contribution in [0.25, 0.3) is 11.0 Å². The topological polar surface area (TPSA) is 74.7 Å². The van der Waals surface area contributed by atoms with E-state index in [1.165, 1.54) is 5.56 Å². The molecule has 0 aliphatic heterocycles. The minimum absolute atomic E-state index is 0.143. The third-order valence-corrected chi connectivity index (χ3v) is 2.75. The van der Waals surface area contributed by atoms with Gasteiger partial charge in [0.2, 0.25) is 0 Å². The van der Waals surface area contributed by atoms with Crippen molar-refractivity contribution in [2.75, 3.05) is 6.54 Å². The van der Waals surface area contributed by atoms with Crippen LogP contribution < -0.4 is 11.4 Å². The van der Waals surface area contributed by atoms with Gasteiger partial charge in [-0.2, -0.15) is 0 Å². The molecule has 4 heteroatoms. The van der Waals surface area contributed by atoms with Gasteiger partial charge in [0.25, 0.3) is 0 Å². The molecule has 16 heavy (non-hydrogen) atoms. The first kappa shape index (κ1) is 11.0. The molecule has 0 saturated heterocycles. The molecule has 1 heterocycles. The third kappa shape index (κ3) is 2.52. The average molecular weight is 219 g/mol. The van der Waals surface area contributed by atoms with Gasteiger partial charge in [-0.3, -0.25) is 0 Å². The number of aromatic amines is 2. The summed E-state index contributed by atoms with van der Waals surface area (Å²) >= 11 is 0. The normalized spacial score (nSPS) is 11.1. The fraction of sp³-hybridized carbons (Fsp3) is 0.417. The van der Waals surface area contributed by atoms with Gasteiger partial charge in [0.1, 0.15) is 0 Å². The lowest BCUT2D eigenvalue weighted by atomic mass is 10.1. The molecule has 1 aromatic carbocycles. The first-order valence-corrected chi connectivity index (χ1v) is 5.70. The Hall–Kier alpha value is -1.55. The molecule has 0 bridgehead atoms. The number of fused-ring (bicyclic) bond motifs is 1. The van der Waals surface area contributed by atoms with Crippen molar-refractivity contribution in [1.82, 2.24) is 9.97 Å². The number of aryl methyl sites for hydroxylation is 1. The number of unbranched alkanes of at least 4 members (excludes halogenated alkanes) is 2. The largest absolute Gasteiger partial charge is 0.330 e. The first-order valence-electron chi connectivity index (χ1n) is 5.70. The molecule has 0 saturated carbocycles. The molecule has 4 N–H and O–H groups in total. The minimum Gasteiger partial charge on any atom is -0.330 e. The van der Waals surface area contributed by atoms with Gasteiger partial charge in [-0.25, -0.2) is 4.79 Å². The fourth-order valence-electron chi connectivity index (χ4n) is 1.89. The molecular formula is C12H17N3O. The zero-order valence-corrected chi connectivity index (χ0v) is 9.25. The van der Waals surface area contributed by atoms with E-state index in [9.17, 15) is 4.79 Å². The zero-order chi connectivity index (χ0) is 11.4. The maximum Gasteiger partial charge on any atom is 0.323 e. The number of rotatable bonds is 5. The lowest BCUT2D eigenvalue weighted by Gasteiger charge is -2.01. The van der Waals surface area contributed by atoms with Crippen molar-refractivity contribution in [2.45, 2.75) is 25.7 Å². The van der Waals surface area contributed by atoms with E-state index in [2.05, 4.69) is 16.0 Å². The molecule has 2 rings (SSSR count). The van der Waals surface area contributed by atoms with Crippen LogP contribution in [0.2, 0.25) is 0 Å². The summed E-state index contributed by atoms with van der Waals surface area (Å²) in [7, 11) is 0. The van der Waals surface area contributed by atoms with Gasteiger partial charge < -0.3 is 15.7 Å². The SMILES string of the molecule is NCCCCCc1ccc2[nH]c(=O)[nH]c2c1. The van der Waals surface area contributed by atoms with Crippen molar-refractivity contribution < 1.29 is 0 Å². The first-order chi connectivity index (χ1) is 7.79. The summed E-state index contributed by atoms with van der Waals surface area (Å²) in [6.45, 7) is 0.768. The van der Waals surface area contributed by atoms with E-state index in [-0.39, 0.29) is 5.69 Å². The molecule has 0 unspecified atom stereocenters. The van der Waals surface area contributed by atoms with Crippen molar-refractivity contribution in [3.8, 4) is 0 Å². The Morgan fingerprint density at radius 1 is 1.06 bits per heavy atom. The smallest absolute Gasteiger partial charge is 0.323 e. The second kappa shape index (κ2) is 4.99. The molecule has 0 atom stereocenters. The average Bonchev–Trinajstić information content (AvgIpc) is 2.64. The standard InChI is InChI=1S/C12H17N3O/c13-7-3-1-2-4-9-5-6-10-11(8-9)15-12(16)14-10/h5-6,8H,1-4,7,13H2,(H2,14,15,16). The Balaban J connectivity index is 2.04. The lowest BCUT2D eigenvalue weighted by Crippen LogP contribution is -1.99. The summed E-state index contributed by atoms with van der Waals surface area (Å²) in [5, 5.41) is 0. The molecule has 0 amide bonds. The summed E-state index contributed by atoms with van der Waals surface area (Å²) in [6, 6.07) is 6.05. The van der Waals surface area contributed by atoms with Gasteiger partial charge >= 0.3 is 5.69 Å². The summed E-state index contributed by atoms with van der Waals surface area (Å²) in [6.07, 6.45) is 4.45. The van der Waals surface area contributed by atoms with Gasteiger partial charge in [-0.15, -0.1) is 0 Å². The van der Waals surface area contributed by atoms with Crippen molar-refractivity contribution in [3.63, 3.8) is 0 Å². The zero-order valence-electron chi connectivity index (χ0n) is 9.25. The van der Waals surface area contributed by atoms with E-state index in [1.54, 1.807) is 0 Å². The van der Waals surface area contributed by atoms with Crippen LogP contribution in [0.3, 0.4) is 0 Å². The molecule has 4 nitrogen and oxygen atoms in total. The number of imidazole rings is 1. The van der Waals surface area contributed by atoms with Crippen molar-refractivity contribution >= 4 is 11.0 Å². The monoisotopic (exact) mass is 219 g/mol. The maximum atomic E-state index is 11.1. The molecular weight excluding hydrogens is 202 g/mol. The van der Waals surface area contributed by atoms with Gasteiger partial charge in [0.05, 0.1) is 11.0 Å². The Morgan fingerprint density at radius 3 is 2.69 bits per heavy atom. The quantitative estimate of drug-likeness (QED) is 0.667. The summed E-state index contributed by atoms with van der Waals surface area (Å²) in [5.41, 5.74) is 8.32. The van der Waals surface area contributed by atoms with E-state index in [0.29, 0.717) is 0 Å². The Kier molecular flexibility index (Phi) is 3.41. The fourth-order valence-corrected chi connectivity index (χ4v) is 1.89. The Labute approximate surface area is 93.9 Å². The minimum atomic E-state index is -0.143. The third-order valence-electron chi connectivity index (χ3n) is 2.75. The maximum absolute atomic E-state index is 11.1. The predicted octanol–water partition coefficient (Wildman–Crippen LogP) is 1.53. The summed E-state index contributed by atoms with van der Waals surface area (Å²) in [5.74, 6) is 0. The second-order valence-electron chi connectivity index (χ2n) is 4.06. The van der Waals surface area contributed by atoms with E-state index < -0.39 is 0 Å². The van der Waals surface area contributed by atoms with Crippen LogP contribution >= 0.6 is 0 Å². The Morgan fingerprint density at radius 2 is 1.88 bits per heavy atom. The second-order valence-corrected chi connectivity index (χ2v) is 4.06. The summed E-state index contributed by atoms with van der Waals surface area (Å²) in [4.78, 5) is 16.6. The number of H-pyrrole nitrogens is 2. The number of nitrogens with two attached hydrogens (primary N) is 1. The number of hydrogen-bond donors (Lipinski definition) is 3. The van der Waals surface area contributed by atoms with E-state index in [4.69, 9.17) is 5.73 Å². The van der Waals surface area contributed by atoms with Gasteiger partial charge in [0, 0.05) is 0 Å². The molecule has 0 aliphatic carbocycles. The van der Waals surface area contributed by atoms with E-state index in [1.807, 2.05) is 12.1 Å².